The zero-order chi connectivity index (χ0) is 18.0. The summed E-state index contributed by atoms with van der Waals surface area (Å²) in [6, 6.07) is 7.50. The molecule has 0 aliphatic carbocycles. The second kappa shape index (κ2) is 6.37. The van der Waals surface area contributed by atoms with Gasteiger partial charge in [0.2, 0.25) is 0 Å². The maximum absolute atomic E-state index is 11.4. The van der Waals surface area contributed by atoms with Gasteiger partial charge in [-0.1, -0.05) is 12.1 Å². The number of nitrogens with zero attached hydrogens (tertiary/aromatic N) is 2. The number of carbonyl (C=O) groups excluding carboxylic acids is 2. The largest absolute Gasteiger partial charge is 0.295 e. The van der Waals surface area contributed by atoms with Gasteiger partial charge in [-0.15, -0.1) is 0 Å². The van der Waals surface area contributed by atoms with Gasteiger partial charge >= 0.3 is 0 Å². The van der Waals surface area contributed by atoms with Crippen molar-refractivity contribution >= 4 is 22.9 Å². The summed E-state index contributed by atoms with van der Waals surface area (Å²) in [5.41, 5.74) is -0.553. The van der Waals surface area contributed by atoms with Gasteiger partial charge < -0.3 is 0 Å². The Labute approximate surface area is 136 Å². The zero-order valence-corrected chi connectivity index (χ0v) is 12.8. The molecule has 122 valence electrons. The molecule has 0 aromatic heterocycles. The number of hydrogen-bond acceptors (Lipinski definition) is 6. The smallest absolute Gasteiger partial charge is 0.278 e. The molecular weight excluding hydrogens is 316 g/mol. The summed E-state index contributed by atoms with van der Waals surface area (Å²) in [7, 11) is 0. The normalized spacial score (nSPS) is 10.2. The van der Waals surface area contributed by atoms with E-state index in [0.717, 1.165) is 12.1 Å². The van der Waals surface area contributed by atoms with Crippen LogP contribution in [0.4, 0.5) is 11.4 Å². The molecule has 0 bridgehead atoms. The average molecular weight is 328 g/mol. The Morgan fingerprint density at radius 1 is 0.750 bits per heavy atom. The first-order valence-electron chi connectivity index (χ1n) is 6.81. The Balaban J connectivity index is 2.76. The van der Waals surface area contributed by atoms with E-state index in [9.17, 15) is 29.8 Å². The second-order valence-electron chi connectivity index (χ2n) is 5.09. The van der Waals surface area contributed by atoms with Crippen molar-refractivity contribution in [2.24, 2.45) is 0 Å². The fourth-order valence-corrected chi connectivity index (χ4v) is 2.26. The highest BCUT2D eigenvalue weighted by molar-refractivity contribution is 5.98. The minimum absolute atomic E-state index is 0.00630. The van der Waals surface area contributed by atoms with Crippen LogP contribution in [0.2, 0.25) is 0 Å². The summed E-state index contributed by atoms with van der Waals surface area (Å²) in [6.45, 7) is 2.53. The van der Waals surface area contributed by atoms with E-state index in [4.69, 9.17) is 0 Å². The monoisotopic (exact) mass is 328 g/mol. The predicted octanol–water partition coefficient (Wildman–Crippen LogP) is 3.58. The molecular formula is C16H12N2O6. The third-order valence-electron chi connectivity index (χ3n) is 3.49. The molecule has 0 saturated heterocycles. The lowest BCUT2D eigenvalue weighted by molar-refractivity contribution is -0.386. The first kappa shape index (κ1) is 16.9. The molecule has 0 aliphatic rings. The fraction of sp³-hybridized carbons (Fsp3) is 0.125. The Hall–Kier alpha value is -3.42. The standard InChI is InChI=1S/C16H12N2O6/c1-9(19)11-3-5-13(15(7-11)17(21)22)14-6-4-12(10(2)20)8-16(14)18(23)24/h3-8H,1-2H3. The molecule has 2 aromatic rings. The molecule has 0 spiro atoms. The van der Waals surface area contributed by atoms with Crippen LogP contribution < -0.4 is 0 Å². The van der Waals surface area contributed by atoms with Crippen LogP contribution in [0.25, 0.3) is 11.1 Å². The summed E-state index contributed by atoms with van der Waals surface area (Å²) < 4.78 is 0. The first-order valence-corrected chi connectivity index (χ1v) is 6.81. The number of nitro benzene ring substituents is 2. The lowest BCUT2D eigenvalue weighted by atomic mass is 9.97. The first-order chi connectivity index (χ1) is 11.2. The summed E-state index contributed by atoms with van der Waals surface area (Å²) >= 11 is 0. The van der Waals surface area contributed by atoms with Crippen molar-refractivity contribution in [1.82, 2.24) is 0 Å². The van der Waals surface area contributed by atoms with Crippen molar-refractivity contribution in [1.29, 1.82) is 0 Å². The van der Waals surface area contributed by atoms with Crippen molar-refractivity contribution in [3.05, 3.63) is 67.8 Å². The zero-order valence-electron chi connectivity index (χ0n) is 12.8. The van der Waals surface area contributed by atoms with E-state index in [-0.39, 0.29) is 33.8 Å². The third kappa shape index (κ3) is 3.17. The molecule has 2 rings (SSSR count). The molecule has 0 atom stereocenters. The summed E-state index contributed by atoms with van der Waals surface area (Å²) in [4.78, 5) is 44.0. The highest BCUT2D eigenvalue weighted by atomic mass is 16.6. The van der Waals surface area contributed by atoms with Crippen LogP contribution in [0.3, 0.4) is 0 Å². The van der Waals surface area contributed by atoms with Crippen molar-refractivity contribution < 1.29 is 19.4 Å². The molecule has 0 saturated carbocycles. The lowest BCUT2D eigenvalue weighted by Crippen LogP contribution is -2.01. The van der Waals surface area contributed by atoms with Crippen LogP contribution in [-0.2, 0) is 0 Å². The quantitative estimate of drug-likeness (QED) is 0.470. The number of rotatable bonds is 5. The molecule has 0 radical (unpaired) electrons. The molecule has 2 aromatic carbocycles. The number of benzene rings is 2. The molecule has 8 nitrogen and oxygen atoms in total. The Kier molecular flexibility index (Phi) is 4.50. The van der Waals surface area contributed by atoms with Crippen molar-refractivity contribution in [2.75, 3.05) is 0 Å². The molecule has 0 heterocycles. The number of nitro groups is 2. The molecule has 8 heteroatoms. The summed E-state index contributed by atoms with van der Waals surface area (Å²) in [5, 5.41) is 22.6. The average Bonchev–Trinajstić information content (AvgIpc) is 2.53. The van der Waals surface area contributed by atoms with Gasteiger partial charge in [-0.3, -0.25) is 29.8 Å². The Bertz CT molecular complexity index is 815. The van der Waals surface area contributed by atoms with E-state index in [1.807, 2.05) is 0 Å². The summed E-state index contributed by atoms with van der Waals surface area (Å²) in [6.07, 6.45) is 0. The van der Waals surface area contributed by atoms with Gasteiger partial charge in [0.05, 0.1) is 21.0 Å². The van der Waals surface area contributed by atoms with Gasteiger partial charge in [0.25, 0.3) is 11.4 Å². The van der Waals surface area contributed by atoms with Crippen LogP contribution in [0.1, 0.15) is 34.6 Å². The Morgan fingerprint density at radius 2 is 1.08 bits per heavy atom. The van der Waals surface area contributed by atoms with Crippen LogP contribution in [-0.4, -0.2) is 21.4 Å². The van der Waals surface area contributed by atoms with Crippen molar-refractivity contribution in [3.8, 4) is 11.1 Å². The fourth-order valence-electron chi connectivity index (χ4n) is 2.26. The maximum Gasteiger partial charge on any atom is 0.278 e. The van der Waals surface area contributed by atoms with Crippen LogP contribution in [0.15, 0.2) is 36.4 Å². The second-order valence-corrected chi connectivity index (χ2v) is 5.09. The SMILES string of the molecule is CC(=O)c1ccc(-c2ccc(C(C)=O)cc2[N+](=O)[O-])c([N+](=O)[O-])c1. The van der Waals surface area contributed by atoms with Gasteiger partial charge in [0, 0.05) is 23.3 Å². The van der Waals surface area contributed by atoms with Gasteiger partial charge in [-0.2, -0.15) is 0 Å². The number of Topliss-reactive ketones (excluding diaryl/α,β-unsaturated/α-hetero) is 2. The maximum atomic E-state index is 11.4. The van der Waals surface area contributed by atoms with Gasteiger partial charge in [-0.05, 0) is 26.0 Å². The number of hydrogen-bond donors (Lipinski definition) is 0. The van der Waals surface area contributed by atoms with Gasteiger partial charge in [-0.25, -0.2) is 0 Å². The van der Waals surface area contributed by atoms with Crippen molar-refractivity contribution in [2.45, 2.75) is 13.8 Å². The molecule has 0 unspecified atom stereocenters. The molecule has 0 N–H and O–H groups in total. The summed E-state index contributed by atoms with van der Waals surface area (Å²) in [5.74, 6) is -0.711. The topological polar surface area (TPSA) is 120 Å². The lowest BCUT2D eigenvalue weighted by Gasteiger charge is -2.07. The number of carbonyl (C=O) groups is 2. The van der Waals surface area contributed by atoms with E-state index in [1.165, 1.54) is 38.1 Å². The van der Waals surface area contributed by atoms with E-state index in [2.05, 4.69) is 0 Å². The number of ketones is 2. The van der Waals surface area contributed by atoms with Crippen LogP contribution in [0, 0.1) is 20.2 Å². The third-order valence-corrected chi connectivity index (χ3v) is 3.49. The van der Waals surface area contributed by atoms with Gasteiger partial charge in [0.1, 0.15) is 0 Å². The predicted molar refractivity (Wildman–Crippen MR) is 85.2 cm³/mol. The minimum atomic E-state index is -0.704. The highest BCUT2D eigenvalue weighted by Crippen LogP contribution is 2.37. The van der Waals surface area contributed by atoms with Gasteiger partial charge in [0.15, 0.2) is 11.6 Å². The molecule has 0 fully saturated rings. The van der Waals surface area contributed by atoms with E-state index in [0.29, 0.717) is 0 Å². The molecule has 0 amide bonds. The van der Waals surface area contributed by atoms with E-state index < -0.39 is 21.2 Å². The van der Waals surface area contributed by atoms with E-state index in [1.54, 1.807) is 0 Å². The van der Waals surface area contributed by atoms with E-state index >= 15 is 0 Å². The molecule has 0 aliphatic heterocycles. The highest BCUT2D eigenvalue weighted by Gasteiger charge is 2.25. The Morgan fingerprint density at radius 3 is 1.33 bits per heavy atom. The molecule has 24 heavy (non-hydrogen) atoms. The van der Waals surface area contributed by atoms with Crippen LogP contribution >= 0.6 is 0 Å². The van der Waals surface area contributed by atoms with Crippen molar-refractivity contribution in [3.63, 3.8) is 0 Å². The van der Waals surface area contributed by atoms with Crippen LogP contribution in [0.5, 0.6) is 0 Å². The minimum Gasteiger partial charge on any atom is -0.295 e.